The highest BCUT2D eigenvalue weighted by molar-refractivity contribution is 5.41. The molecule has 1 heterocycles. The summed E-state index contributed by atoms with van der Waals surface area (Å²) >= 11 is 0. The first-order valence-corrected chi connectivity index (χ1v) is 4.46. The van der Waals surface area contributed by atoms with Gasteiger partial charge in [-0.1, -0.05) is 0 Å². The Balaban J connectivity index is 2.50. The number of aromatic nitrogens is 2. The second-order valence-corrected chi connectivity index (χ2v) is 3.59. The average Bonchev–Trinajstić information content (AvgIpc) is 2.84. The van der Waals surface area contributed by atoms with Crippen molar-refractivity contribution in [2.45, 2.75) is 18.4 Å². The van der Waals surface area contributed by atoms with E-state index >= 15 is 0 Å². The first kappa shape index (κ1) is 9.14. The van der Waals surface area contributed by atoms with Crippen molar-refractivity contribution in [1.82, 2.24) is 15.1 Å². The molecule has 1 aliphatic carbocycles. The number of hydrogen-bond acceptors (Lipinski definition) is 4. The Morgan fingerprint density at radius 2 is 2.36 bits per heavy atom. The van der Waals surface area contributed by atoms with Crippen LogP contribution in [0.1, 0.15) is 18.5 Å². The van der Waals surface area contributed by atoms with E-state index in [9.17, 15) is 10.1 Å². The van der Waals surface area contributed by atoms with E-state index in [4.69, 9.17) is 0 Å². The number of rotatable bonds is 3. The van der Waals surface area contributed by atoms with Gasteiger partial charge in [-0.05, 0) is 19.9 Å². The van der Waals surface area contributed by atoms with E-state index in [1.807, 2.05) is 7.05 Å². The smallest absolute Gasteiger partial charge is 0.309 e. The highest BCUT2D eigenvalue weighted by Gasteiger charge is 2.49. The van der Waals surface area contributed by atoms with Gasteiger partial charge in [0.05, 0.1) is 10.5 Å². The summed E-state index contributed by atoms with van der Waals surface area (Å²) in [6.45, 7) is 0. The predicted molar refractivity (Wildman–Crippen MR) is 49.8 cm³/mol. The summed E-state index contributed by atoms with van der Waals surface area (Å²) in [6, 6.07) is 0. The van der Waals surface area contributed by atoms with Crippen molar-refractivity contribution in [3.05, 3.63) is 22.0 Å². The Bertz CT molecular complexity index is 381. The average molecular weight is 196 g/mol. The number of nitrogens with zero attached hydrogens (tertiary/aromatic N) is 3. The van der Waals surface area contributed by atoms with Gasteiger partial charge in [0.2, 0.25) is 0 Å². The lowest BCUT2D eigenvalue weighted by molar-refractivity contribution is -0.386. The van der Waals surface area contributed by atoms with Crippen LogP contribution in [0.2, 0.25) is 0 Å². The van der Waals surface area contributed by atoms with Crippen LogP contribution in [-0.2, 0) is 12.6 Å². The fourth-order valence-corrected chi connectivity index (χ4v) is 1.84. The van der Waals surface area contributed by atoms with E-state index in [2.05, 4.69) is 10.4 Å². The zero-order valence-corrected chi connectivity index (χ0v) is 8.15. The Morgan fingerprint density at radius 1 is 1.71 bits per heavy atom. The SMILES string of the molecule is CNC1(c2c([N+](=O)[O-])cnn2C)CC1. The van der Waals surface area contributed by atoms with Crippen LogP contribution in [0.5, 0.6) is 0 Å². The van der Waals surface area contributed by atoms with Crippen molar-refractivity contribution in [3.8, 4) is 0 Å². The number of aryl methyl sites for hydroxylation is 1. The highest BCUT2D eigenvalue weighted by atomic mass is 16.6. The minimum Gasteiger partial charge on any atom is -0.309 e. The summed E-state index contributed by atoms with van der Waals surface area (Å²) in [4.78, 5) is 10.4. The van der Waals surface area contributed by atoms with E-state index in [1.165, 1.54) is 6.20 Å². The van der Waals surface area contributed by atoms with Gasteiger partial charge in [0.15, 0.2) is 0 Å². The van der Waals surface area contributed by atoms with E-state index in [0.29, 0.717) is 5.69 Å². The molecule has 0 aromatic carbocycles. The van der Waals surface area contributed by atoms with Crippen LogP contribution in [-0.4, -0.2) is 21.8 Å². The molecule has 6 heteroatoms. The molecule has 1 aromatic heterocycles. The molecule has 2 rings (SSSR count). The second-order valence-electron chi connectivity index (χ2n) is 3.59. The van der Waals surface area contributed by atoms with Gasteiger partial charge < -0.3 is 5.32 Å². The number of nitro groups is 1. The van der Waals surface area contributed by atoms with Crippen molar-refractivity contribution in [3.63, 3.8) is 0 Å². The topological polar surface area (TPSA) is 73.0 Å². The summed E-state index contributed by atoms with van der Waals surface area (Å²) in [5.41, 5.74) is 0.581. The van der Waals surface area contributed by atoms with Crippen LogP contribution in [0.15, 0.2) is 6.20 Å². The van der Waals surface area contributed by atoms with Crippen molar-refractivity contribution < 1.29 is 4.92 Å². The quantitative estimate of drug-likeness (QED) is 0.565. The lowest BCUT2D eigenvalue weighted by Crippen LogP contribution is -2.28. The monoisotopic (exact) mass is 196 g/mol. The third-order valence-corrected chi connectivity index (χ3v) is 2.80. The Morgan fingerprint density at radius 3 is 2.79 bits per heavy atom. The highest BCUT2D eigenvalue weighted by Crippen LogP contribution is 2.47. The molecular formula is C8H12N4O2. The molecule has 1 N–H and O–H groups in total. The molecule has 0 radical (unpaired) electrons. The molecule has 0 bridgehead atoms. The fourth-order valence-electron chi connectivity index (χ4n) is 1.84. The summed E-state index contributed by atoms with van der Waals surface area (Å²) in [5.74, 6) is 0. The zero-order chi connectivity index (χ0) is 10.3. The largest absolute Gasteiger partial charge is 0.312 e. The van der Waals surface area contributed by atoms with Crippen molar-refractivity contribution in [2.75, 3.05) is 7.05 Å². The van der Waals surface area contributed by atoms with Gasteiger partial charge in [-0.15, -0.1) is 0 Å². The molecule has 0 unspecified atom stereocenters. The van der Waals surface area contributed by atoms with E-state index < -0.39 is 0 Å². The number of hydrogen-bond donors (Lipinski definition) is 1. The van der Waals surface area contributed by atoms with Crippen LogP contribution in [0, 0.1) is 10.1 Å². The van der Waals surface area contributed by atoms with Gasteiger partial charge in [0, 0.05) is 7.05 Å². The maximum absolute atomic E-state index is 10.7. The summed E-state index contributed by atoms with van der Waals surface area (Å²) in [6.07, 6.45) is 3.18. The fraction of sp³-hybridized carbons (Fsp3) is 0.625. The minimum absolute atomic E-state index is 0.111. The molecule has 1 fully saturated rings. The summed E-state index contributed by atoms with van der Waals surface area (Å²) in [7, 11) is 3.56. The molecule has 76 valence electrons. The standard InChI is InChI=1S/C8H12N4O2/c1-9-8(3-4-8)7-6(12(13)14)5-10-11(7)2/h5,9H,3-4H2,1-2H3. The normalized spacial score (nSPS) is 18.1. The first-order chi connectivity index (χ1) is 6.60. The van der Waals surface area contributed by atoms with Crippen LogP contribution in [0.4, 0.5) is 5.69 Å². The molecule has 0 aliphatic heterocycles. The van der Waals surface area contributed by atoms with E-state index in [1.54, 1.807) is 11.7 Å². The minimum atomic E-state index is -0.375. The molecule has 1 aromatic rings. The Hall–Kier alpha value is -1.43. The first-order valence-electron chi connectivity index (χ1n) is 4.46. The molecule has 0 spiro atoms. The van der Waals surface area contributed by atoms with Gasteiger partial charge in [0.25, 0.3) is 0 Å². The molecule has 1 saturated carbocycles. The summed E-state index contributed by atoms with van der Waals surface area (Å²) in [5, 5.41) is 17.8. The third-order valence-electron chi connectivity index (χ3n) is 2.80. The predicted octanol–water partition coefficient (Wildman–Crippen LogP) is 0.537. The van der Waals surface area contributed by atoms with Gasteiger partial charge in [-0.2, -0.15) is 5.10 Å². The molecule has 1 aliphatic rings. The Kier molecular flexibility index (Phi) is 1.81. The third kappa shape index (κ3) is 1.11. The molecule has 14 heavy (non-hydrogen) atoms. The lowest BCUT2D eigenvalue weighted by atomic mass is 10.1. The Labute approximate surface area is 81.1 Å². The van der Waals surface area contributed by atoms with Crippen LogP contribution in [0.25, 0.3) is 0 Å². The van der Waals surface area contributed by atoms with Crippen LogP contribution in [0.3, 0.4) is 0 Å². The van der Waals surface area contributed by atoms with Crippen molar-refractivity contribution >= 4 is 5.69 Å². The zero-order valence-electron chi connectivity index (χ0n) is 8.15. The molecule has 6 nitrogen and oxygen atoms in total. The molecule has 0 saturated heterocycles. The van der Waals surface area contributed by atoms with Crippen LogP contribution < -0.4 is 5.32 Å². The molecular weight excluding hydrogens is 184 g/mol. The van der Waals surface area contributed by atoms with Gasteiger partial charge >= 0.3 is 5.69 Å². The van der Waals surface area contributed by atoms with Gasteiger partial charge in [0.1, 0.15) is 11.9 Å². The van der Waals surface area contributed by atoms with Gasteiger partial charge in [-0.25, -0.2) is 0 Å². The van der Waals surface area contributed by atoms with Crippen molar-refractivity contribution in [2.24, 2.45) is 7.05 Å². The van der Waals surface area contributed by atoms with E-state index in [0.717, 1.165) is 12.8 Å². The van der Waals surface area contributed by atoms with Crippen molar-refractivity contribution in [1.29, 1.82) is 0 Å². The molecule has 0 amide bonds. The lowest BCUT2D eigenvalue weighted by Gasteiger charge is -2.13. The van der Waals surface area contributed by atoms with Gasteiger partial charge in [-0.3, -0.25) is 14.8 Å². The summed E-state index contributed by atoms with van der Waals surface area (Å²) < 4.78 is 1.58. The second kappa shape index (κ2) is 2.78. The maximum Gasteiger partial charge on any atom is 0.312 e. The molecule has 0 atom stereocenters. The van der Waals surface area contributed by atoms with E-state index in [-0.39, 0.29) is 16.1 Å². The van der Waals surface area contributed by atoms with Crippen LogP contribution >= 0.6 is 0 Å². The maximum atomic E-state index is 10.7. The number of nitrogens with one attached hydrogen (secondary N) is 1.